The summed E-state index contributed by atoms with van der Waals surface area (Å²) >= 11 is 0. The molecule has 4 heterocycles. The van der Waals surface area contributed by atoms with E-state index >= 15 is 0 Å². The number of aliphatic imine (C=N–C) groups is 1. The Hall–Kier alpha value is -6.29. The molecule has 4 aromatic heterocycles. The van der Waals surface area contributed by atoms with Crippen LogP contribution in [0.3, 0.4) is 0 Å². The van der Waals surface area contributed by atoms with Crippen molar-refractivity contribution in [1.82, 2.24) is 29.7 Å². The summed E-state index contributed by atoms with van der Waals surface area (Å²) in [6.07, 6.45) is 9.22. The molecule has 9 nitrogen and oxygen atoms in total. The number of hydrogen-bond acceptors (Lipinski definition) is 9. The summed E-state index contributed by atoms with van der Waals surface area (Å²) in [4.78, 5) is 27.7. The molecule has 54 heavy (non-hydrogen) atoms. The van der Waals surface area contributed by atoms with Crippen LogP contribution in [0.2, 0.25) is 0 Å². The van der Waals surface area contributed by atoms with Crippen LogP contribution in [-0.2, 0) is 26.2 Å². The first-order valence-electron chi connectivity index (χ1n) is 18.2. The summed E-state index contributed by atoms with van der Waals surface area (Å²) in [6, 6.07) is 44.4. The Labute approximate surface area is 316 Å². The van der Waals surface area contributed by atoms with E-state index in [0.717, 1.165) is 39.4 Å². The molecule has 7 aromatic rings. The predicted octanol–water partition coefficient (Wildman–Crippen LogP) is 8.33. The molecule has 270 valence electrons. The number of fused-ring (bicyclic) bond motifs is 1. The lowest BCUT2D eigenvalue weighted by molar-refractivity contribution is 0.175. The van der Waals surface area contributed by atoms with Crippen LogP contribution in [0.1, 0.15) is 28.3 Å². The molecule has 0 aliphatic carbocycles. The van der Waals surface area contributed by atoms with Crippen LogP contribution in [0.15, 0.2) is 163 Å². The van der Waals surface area contributed by atoms with Gasteiger partial charge in [0.05, 0.1) is 28.5 Å². The first-order chi connectivity index (χ1) is 26.7. The van der Waals surface area contributed by atoms with Crippen LogP contribution in [0.25, 0.3) is 10.8 Å². The van der Waals surface area contributed by atoms with E-state index in [1.54, 1.807) is 0 Å². The van der Waals surface area contributed by atoms with Gasteiger partial charge in [0.1, 0.15) is 13.2 Å². The fourth-order valence-electron chi connectivity index (χ4n) is 6.20. The number of rotatable bonds is 18. The molecule has 0 saturated heterocycles. The maximum absolute atomic E-state index is 6.54. The van der Waals surface area contributed by atoms with Crippen LogP contribution >= 0.6 is 0 Å². The molecule has 0 N–H and O–H groups in total. The van der Waals surface area contributed by atoms with E-state index in [9.17, 15) is 0 Å². The van der Waals surface area contributed by atoms with Gasteiger partial charge < -0.3 is 9.47 Å². The monoisotopic (exact) mass is 713 g/mol. The van der Waals surface area contributed by atoms with Gasteiger partial charge in [0.2, 0.25) is 0 Å². The van der Waals surface area contributed by atoms with E-state index in [1.807, 2.05) is 122 Å². The average Bonchev–Trinajstić information content (AvgIpc) is 3.22. The summed E-state index contributed by atoms with van der Waals surface area (Å²) in [5.41, 5.74) is 5.79. The molecule has 0 unspecified atom stereocenters. The molecule has 0 saturated carbocycles. The molecule has 0 radical (unpaired) electrons. The van der Waals surface area contributed by atoms with Crippen molar-refractivity contribution < 1.29 is 9.47 Å². The topological polar surface area (TPSA) is 88.9 Å². The molecular weight excluding hydrogens is 671 g/mol. The highest BCUT2D eigenvalue weighted by Gasteiger charge is 2.14. The molecule has 9 heteroatoms. The first kappa shape index (κ1) is 36.1. The number of benzene rings is 3. The van der Waals surface area contributed by atoms with Crippen LogP contribution in [0, 0.1) is 0 Å². The maximum atomic E-state index is 6.54. The van der Waals surface area contributed by atoms with Crippen LogP contribution in [0.5, 0.6) is 11.5 Å². The van der Waals surface area contributed by atoms with Crippen LogP contribution in [-0.4, -0.2) is 62.3 Å². The molecule has 3 aromatic carbocycles. The van der Waals surface area contributed by atoms with E-state index in [4.69, 9.17) is 14.5 Å². The zero-order chi connectivity index (χ0) is 36.6. The lowest BCUT2D eigenvalue weighted by Gasteiger charge is -2.23. The minimum atomic E-state index is 0.429. The van der Waals surface area contributed by atoms with Gasteiger partial charge in [-0.2, -0.15) is 0 Å². The van der Waals surface area contributed by atoms with Crippen LogP contribution in [0.4, 0.5) is 5.69 Å². The van der Waals surface area contributed by atoms with Crippen molar-refractivity contribution in [2.24, 2.45) is 4.99 Å². The Morgan fingerprint density at radius 3 is 1.48 bits per heavy atom. The van der Waals surface area contributed by atoms with Crippen molar-refractivity contribution in [3.63, 3.8) is 0 Å². The van der Waals surface area contributed by atoms with Gasteiger partial charge in [-0.05, 0) is 71.4 Å². The summed E-state index contributed by atoms with van der Waals surface area (Å²) in [6.45, 7) is 4.87. The smallest absolute Gasteiger partial charge is 0.163 e. The third kappa shape index (κ3) is 10.6. The zero-order valence-electron chi connectivity index (χ0n) is 30.2. The second kappa shape index (κ2) is 19.0. The van der Waals surface area contributed by atoms with Gasteiger partial charge in [-0.25, -0.2) is 0 Å². The van der Waals surface area contributed by atoms with Gasteiger partial charge in [0.25, 0.3) is 0 Å². The number of nitrogens with zero attached hydrogens (tertiary/aromatic N) is 7. The lowest BCUT2D eigenvalue weighted by Crippen LogP contribution is -2.29. The fourth-order valence-corrected chi connectivity index (χ4v) is 6.20. The van der Waals surface area contributed by atoms with Crippen molar-refractivity contribution in [1.29, 1.82) is 0 Å². The standard InChI is InChI=1S/C45H43N7O2/c1-2-19-43-36(12-1)13-11-14-37(43)31-50-38-20-21-44(53-28-26-51(32-39-15-3-7-22-46-39)33-40-16-4-8-23-47-40)45(30-38)54-29-27-52(34-41-17-5-9-24-48-41)35-42-18-6-10-25-49-42/h1-25,30-31H,26-29,32-35H2. The van der Waals surface area contributed by atoms with Crippen LogP contribution < -0.4 is 9.47 Å². The van der Waals surface area contributed by atoms with E-state index < -0.39 is 0 Å². The molecule has 0 fully saturated rings. The van der Waals surface area contributed by atoms with Crippen molar-refractivity contribution in [3.05, 3.63) is 187 Å². The third-order valence-electron chi connectivity index (χ3n) is 8.88. The Bertz CT molecular complexity index is 2120. The molecule has 0 aliphatic heterocycles. The van der Waals surface area contributed by atoms with Gasteiger partial charge >= 0.3 is 0 Å². The minimum absolute atomic E-state index is 0.429. The Kier molecular flexibility index (Phi) is 12.7. The molecule has 0 bridgehead atoms. The molecule has 0 atom stereocenters. The molecular formula is C45H43N7O2. The lowest BCUT2D eigenvalue weighted by atomic mass is 10.1. The predicted molar refractivity (Wildman–Crippen MR) is 214 cm³/mol. The number of hydrogen-bond donors (Lipinski definition) is 0. The Balaban J connectivity index is 1.09. The van der Waals surface area contributed by atoms with Crippen molar-refractivity contribution in [2.75, 3.05) is 26.3 Å². The SMILES string of the molecule is C(=Nc1ccc(OCCN(Cc2ccccn2)Cc2ccccn2)c(OCCN(Cc2ccccn2)Cc2ccccn2)c1)c1cccc2ccccc12. The zero-order valence-corrected chi connectivity index (χ0v) is 30.2. The number of aromatic nitrogens is 4. The second-order valence-electron chi connectivity index (χ2n) is 12.9. The van der Waals surface area contributed by atoms with E-state index in [1.165, 1.54) is 5.39 Å². The van der Waals surface area contributed by atoms with Gasteiger partial charge in [0.15, 0.2) is 11.5 Å². The maximum Gasteiger partial charge on any atom is 0.163 e. The minimum Gasteiger partial charge on any atom is -0.488 e. The van der Waals surface area contributed by atoms with Gasteiger partial charge in [0, 0.05) is 81.9 Å². The molecule has 0 aliphatic rings. The van der Waals surface area contributed by atoms with Gasteiger partial charge in [-0.3, -0.25) is 34.7 Å². The van der Waals surface area contributed by atoms with E-state index in [2.05, 4.69) is 72.2 Å². The first-order valence-corrected chi connectivity index (χ1v) is 18.2. The molecule has 7 rings (SSSR count). The van der Waals surface area contributed by atoms with Gasteiger partial charge in [-0.1, -0.05) is 66.7 Å². The third-order valence-corrected chi connectivity index (χ3v) is 8.88. The summed E-state index contributed by atoms with van der Waals surface area (Å²) < 4.78 is 13.0. The average molecular weight is 714 g/mol. The van der Waals surface area contributed by atoms with Crippen molar-refractivity contribution in [3.8, 4) is 11.5 Å². The Morgan fingerprint density at radius 1 is 0.481 bits per heavy atom. The summed E-state index contributed by atoms with van der Waals surface area (Å²) in [5, 5.41) is 2.33. The number of ether oxygens (including phenoxy) is 2. The highest BCUT2D eigenvalue weighted by Crippen LogP contribution is 2.32. The fraction of sp³-hybridized carbons (Fsp3) is 0.178. The quantitative estimate of drug-likeness (QED) is 0.0821. The van der Waals surface area contributed by atoms with Gasteiger partial charge in [-0.15, -0.1) is 0 Å². The van der Waals surface area contributed by atoms with Crippen molar-refractivity contribution >= 4 is 22.7 Å². The molecule has 0 amide bonds. The van der Waals surface area contributed by atoms with E-state index in [-0.39, 0.29) is 0 Å². The Morgan fingerprint density at radius 2 is 0.963 bits per heavy atom. The van der Waals surface area contributed by atoms with Crippen molar-refractivity contribution in [2.45, 2.75) is 26.2 Å². The number of pyridine rings is 4. The largest absolute Gasteiger partial charge is 0.488 e. The second-order valence-corrected chi connectivity index (χ2v) is 12.9. The molecule has 0 spiro atoms. The highest BCUT2D eigenvalue weighted by molar-refractivity contribution is 6.00. The van der Waals surface area contributed by atoms with E-state index in [0.29, 0.717) is 64.0 Å². The summed E-state index contributed by atoms with van der Waals surface area (Å²) in [5.74, 6) is 1.30. The normalized spacial score (nSPS) is 11.4. The summed E-state index contributed by atoms with van der Waals surface area (Å²) in [7, 11) is 0. The highest BCUT2D eigenvalue weighted by atomic mass is 16.5.